The predicted octanol–water partition coefficient (Wildman–Crippen LogP) is 2.09. The Morgan fingerprint density at radius 1 is 1.05 bits per heavy atom. The van der Waals surface area contributed by atoms with Crippen molar-refractivity contribution in [3.63, 3.8) is 0 Å². The van der Waals surface area contributed by atoms with Crippen molar-refractivity contribution in [1.29, 1.82) is 0 Å². The number of piperazine rings is 1. The Kier molecular flexibility index (Phi) is 5.52. The van der Waals surface area contributed by atoms with Gasteiger partial charge in [-0.3, -0.25) is 9.59 Å². The lowest BCUT2D eigenvalue weighted by molar-refractivity contribution is -0.139. The lowest BCUT2D eigenvalue weighted by Crippen LogP contribution is -2.51. The first kappa shape index (κ1) is 16.5. The molecule has 0 aromatic heterocycles. The van der Waals surface area contributed by atoms with E-state index in [0.29, 0.717) is 44.1 Å². The number of benzene rings is 1. The summed E-state index contributed by atoms with van der Waals surface area (Å²) in [6.45, 7) is 6.22. The molecule has 1 saturated heterocycles. The lowest BCUT2D eigenvalue weighted by atomic mass is 10.1. The van der Waals surface area contributed by atoms with E-state index >= 15 is 0 Å². The summed E-state index contributed by atoms with van der Waals surface area (Å²) in [6.07, 6.45) is 0.621. The van der Waals surface area contributed by atoms with Crippen LogP contribution in [0.25, 0.3) is 0 Å². The molecule has 0 spiro atoms. The highest BCUT2D eigenvalue weighted by atomic mass is 19.1. The van der Waals surface area contributed by atoms with E-state index in [0.717, 1.165) is 0 Å². The van der Waals surface area contributed by atoms with Gasteiger partial charge >= 0.3 is 0 Å². The number of rotatable bonds is 4. The molecule has 0 bridgehead atoms. The number of amides is 2. The fourth-order valence-corrected chi connectivity index (χ4v) is 2.60. The van der Waals surface area contributed by atoms with Crippen LogP contribution in [0.4, 0.5) is 4.39 Å². The van der Waals surface area contributed by atoms with Crippen molar-refractivity contribution in [2.45, 2.75) is 26.7 Å². The van der Waals surface area contributed by atoms with Crippen molar-refractivity contribution in [2.75, 3.05) is 26.2 Å². The molecule has 2 rings (SSSR count). The minimum Gasteiger partial charge on any atom is -0.339 e. The second kappa shape index (κ2) is 7.38. The van der Waals surface area contributed by atoms with E-state index in [9.17, 15) is 14.0 Å². The van der Waals surface area contributed by atoms with Crippen LogP contribution < -0.4 is 0 Å². The van der Waals surface area contributed by atoms with E-state index in [-0.39, 0.29) is 24.1 Å². The zero-order valence-electron chi connectivity index (χ0n) is 13.2. The number of hydrogen-bond acceptors (Lipinski definition) is 2. The van der Waals surface area contributed by atoms with Gasteiger partial charge in [-0.15, -0.1) is 0 Å². The zero-order valence-corrected chi connectivity index (χ0v) is 13.2. The van der Waals surface area contributed by atoms with E-state index in [1.807, 2.05) is 18.7 Å². The summed E-state index contributed by atoms with van der Waals surface area (Å²) < 4.78 is 13.6. The van der Waals surface area contributed by atoms with E-state index < -0.39 is 0 Å². The molecule has 1 aromatic rings. The van der Waals surface area contributed by atoms with Crippen LogP contribution in [0, 0.1) is 11.7 Å². The third kappa shape index (κ3) is 4.29. The molecule has 1 aromatic carbocycles. The quantitative estimate of drug-likeness (QED) is 0.854. The summed E-state index contributed by atoms with van der Waals surface area (Å²) in [7, 11) is 0. The van der Waals surface area contributed by atoms with E-state index in [4.69, 9.17) is 0 Å². The van der Waals surface area contributed by atoms with Crippen LogP contribution >= 0.6 is 0 Å². The third-order valence-corrected chi connectivity index (χ3v) is 3.87. The third-order valence-electron chi connectivity index (χ3n) is 3.87. The van der Waals surface area contributed by atoms with Gasteiger partial charge in [0.25, 0.3) is 0 Å². The second-order valence-electron chi connectivity index (χ2n) is 6.13. The predicted molar refractivity (Wildman–Crippen MR) is 82.7 cm³/mol. The minimum atomic E-state index is -0.346. The molecule has 1 aliphatic rings. The first-order valence-corrected chi connectivity index (χ1v) is 7.76. The van der Waals surface area contributed by atoms with Gasteiger partial charge in [-0.05, 0) is 17.5 Å². The summed E-state index contributed by atoms with van der Waals surface area (Å²) in [5.41, 5.74) is 0.422. The Morgan fingerprint density at radius 3 is 2.14 bits per heavy atom. The molecule has 1 aliphatic heterocycles. The second-order valence-corrected chi connectivity index (χ2v) is 6.13. The van der Waals surface area contributed by atoms with Crippen LogP contribution in [0.3, 0.4) is 0 Å². The molecule has 0 radical (unpaired) electrons. The van der Waals surface area contributed by atoms with Crippen LogP contribution in [-0.2, 0) is 16.0 Å². The Bertz CT molecular complexity index is 537. The van der Waals surface area contributed by atoms with Gasteiger partial charge in [0.2, 0.25) is 11.8 Å². The van der Waals surface area contributed by atoms with Crippen LogP contribution in [-0.4, -0.2) is 47.8 Å². The number of nitrogens with zero attached hydrogens (tertiary/aromatic N) is 2. The Balaban J connectivity index is 1.85. The highest BCUT2D eigenvalue weighted by Gasteiger charge is 2.24. The molecule has 1 heterocycles. The molecule has 0 saturated carbocycles. The average Bonchev–Trinajstić information content (AvgIpc) is 2.49. The topological polar surface area (TPSA) is 40.6 Å². The Hall–Kier alpha value is -1.91. The summed E-state index contributed by atoms with van der Waals surface area (Å²) in [6, 6.07) is 6.34. The number of carbonyl (C=O) groups is 2. The summed E-state index contributed by atoms with van der Waals surface area (Å²) in [4.78, 5) is 27.7. The highest BCUT2D eigenvalue weighted by Crippen LogP contribution is 2.12. The molecule has 120 valence electrons. The van der Waals surface area contributed by atoms with E-state index in [1.54, 1.807) is 23.1 Å². The standard InChI is InChI=1S/C17H23FN2O2/c1-13(2)11-16(21)19-7-9-20(10-8-19)17(22)12-14-5-3-4-6-15(14)18/h3-6,13H,7-12H2,1-2H3. The van der Waals surface area contributed by atoms with Gasteiger partial charge in [0, 0.05) is 32.6 Å². The monoisotopic (exact) mass is 306 g/mol. The minimum absolute atomic E-state index is 0.0760. The van der Waals surface area contributed by atoms with Crippen molar-refractivity contribution >= 4 is 11.8 Å². The van der Waals surface area contributed by atoms with Crippen molar-refractivity contribution in [1.82, 2.24) is 9.80 Å². The van der Waals surface area contributed by atoms with Gasteiger partial charge in [-0.1, -0.05) is 32.0 Å². The fourth-order valence-electron chi connectivity index (χ4n) is 2.60. The molecule has 0 unspecified atom stereocenters. The SMILES string of the molecule is CC(C)CC(=O)N1CCN(C(=O)Cc2ccccc2F)CC1. The summed E-state index contributed by atoms with van der Waals surface area (Å²) in [5.74, 6) is 0.0621. The molecule has 0 N–H and O–H groups in total. The first-order chi connectivity index (χ1) is 10.5. The lowest BCUT2D eigenvalue weighted by Gasteiger charge is -2.35. The van der Waals surface area contributed by atoms with Crippen LogP contribution in [0.5, 0.6) is 0 Å². The molecule has 0 atom stereocenters. The maximum Gasteiger partial charge on any atom is 0.227 e. The number of hydrogen-bond donors (Lipinski definition) is 0. The van der Waals surface area contributed by atoms with Gasteiger partial charge < -0.3 is 9.80 Å². The highest BCUT2D eigenvalue weighted by molar-refractivity contribution is 5.80. The van der Waals surface area contributed by atoms with Gasteiger partial charge in [0.15, 0.2) is 0 Å². The van der Waals surface area contributed by atoms with Crippen molar-refractivity contribution < 1.29 is 14.0 Å². The fraction of sp³-hybridized carbons (Fsp3) is 0.529. The Morgan fingerprint density at radius 2 is 1.59 bits per heavy atom. The van der Waals surface area contributed by atoms with Gasteiger partial charge in [-0.25, -0.2) is 4.39 Å². The molecule has 22 heavy (non-hydrogen) atoms. The van der Waals surface area contributed by atoms with Gasteiger partial charge in [0.05, 0.1) is 6.42 Å². The molecule has 4 nitrogen and oxygen atoms in total. The van der Waals surface area contributed by atoms with Crippen molar-refractivity contribution in [3.8, 4) is 0 Å². The van der Waals surface area contributed by atoms with Crippen LogP contribution in [0.2, 0.25) is 0 Å². The maximum absolute atomic E-state index is 13.6. The van der Waals surface area contributed by atoms with Gasteiger partial charge in [-0.2, -0.15) is 0 Å². The zero-order chi connectivity index (χ0) is 16.1. The molecule has 5 heteroatoms. The smallest absolute Gasteiger partial charge is 0.227 e. The van der Waals surface area contributed by atoms with Gasteiger partial charge in [0.1, 0.15) is 5.82 Å². The Labute approximate surface area is 130 Å². The van der Waals surface area contributed by atoms with E-state index in [2.05, 4.69) is 0 Å². The van der Waals surface area contributed by atoms with E-state index in [1.165, 1.54) is 6.07 Å². The number of carbonyl (C=O) groups excluding carboxylic acids is 2. The maximum atomic E-state index is 13.6. The van der Waals surface area contributed by atoms with Crippen molar-refractivity contribution in [3.05, 3.63) is 35.6 Å². The van der Waals surface area contributed by atoms with Crippen molar-refractivity contribution in [2.24, 2.45) is 5.92 Å². The van der Waals surface area contributed by atoms with Crippen LogP contribution in [0.1, 0.15) is 25.8 Å². The molecular formula is C17H23FN2O2. The summed E-state index contributed by atoms with van der Waals surface area (Å²) in [5, 5.41) is 0. The normalized spacial score (nSPS) is 15.3. The molecule has 2 amide bonds. The number of halogens is 1. The summed E-state index contributed by atoms with van der Waals surface area (Å²) >= 11 is 0. The molecule has 0 aliphatic carbocycles. The molecular weight excluding hydrogens is 283 g/mol. The average molecular weight is 306 g/mol. The first-order valence-electron chi connectivity index (χ1n) is 7.76. The largest absolute Gasteiger partial charge is 0.339 e. The van der Waals surface area contributed by atoms with Crippen LogP contribution in [0.15, 0.2) is 24.3 Å². The molecule has 1 fully saturated rings.